The van der Waals surface area contributed by atoms with E-state index in [4.69, 9.17) is 4.74 Å². The molecule has 3 aromatic rings. The summed E-state index contributed by atoms with van der Waals surface area (Å²) in [6.07, 6.45) is 0. The van der Waals surface area contributed by atoms with Crippen molar-refractivity contribution in [1.29, 1.82) is 0 Å². The first kappa shape index (κ1) is 16.7. The van der Waals surface area contributed by atoms with Crippen LogP contribution in [0.1, 0.15) is 16.1 Å². The van der Waals surface area contributed by atoms with Crippen molar-refractivity contribution >= 4 is 23.0 Å². The lowest BCUT2D eigenvalue weighted by Crippen LogP contribution is -2.05. The first-order valence-corrected chi connectivity index (χ1v) is 8.03. The highest BCUT2D eigenvalue weighted by Gasteiger charge is 2.12. The summed E-state index contributed by atoms with van der Waals surface area (Å²) in [7, 11) is 0. The average Bonchev–Trinajstić information content (AvgIpc) is 3.09. The van der Waals surface area contributed by atoms with Crippen LogP contribution in [0.3, 0.4) is 0 Å². The maximum atomic E-state index is 12.9. The van der Waals surface area contributed by atoms with Gasteiger partial charge in [0.05, 0.1) is 16.2 Å². The van der Waals surface area contributed by atoms with Gasteiger partial charge in [-0.05, 0) is 36.4 Å². The van der Waals surface area contributed by atoms with Gasteiger partial charge in [0.25, 0.3) is 5.69 Å². The van der Waals surface area contributed by atoms with Crippen LogP contribution in [-0.4, -0.2) is 15.9 Å². The molecule has 0 bridgehead atoms. The SMILES string of the molecule is O=C(OCc1csc(-c2ccc(F)cc2)n1)c1ccc([N+](=O)[O-])cc1. The number of hydrogen-bond acceptors (Lipinski definition) is 6. The van der Waals surface area contributed by atoms with Crippen molar-refractivity contribution in [2.75, 3.05) is 0 Å². The second kappa shape index (κ2) is 7.18. The summed E-state index contributed by atoms with van der Waals surface area (Å²) in [6.45, 7) is -0.0203. The van der Waals surface area contributed by atoms with E-state index in [1.165, 1.54) is 47.7 Å². The van der Waals surface area contributed by atoms with Crippen LogP contribution in [-0.2, 0) is 11.3 Å². The first-order chi connectivity index (χ1) is 12.0. The summed E-state index contributed by atoms with van der Waals surface area (Å²) >= 11 is 1.36. The molecule has 2 aromatic carbocycles. The number of nitro benzene ring substituents is 1. The summed E-state index contributed by atoms with van der Waals surface area (Å²) in [4.78, 5) is 26.3. The zero-order valence-electron chi connectivity index (χ0n) is 12.7. The number of nitrogens with zero attached hydrogens (tertiary/aromatic N) is 2. The Kier molecular flexibility index (Phi) is 4.80. The molecule has 0 saturated heterocycles. The van der Waals surface area contributed by atoms with Crippen LogP contribution in [0.25, 0.3) is 10.6 Å². The molecule has 0 fully saturated rings. The van der Waals surface area contributed by atoms with Gasteiger partial charge in [-0.2, -0.15) is 0 Å². The third-order valence-corrected chi connectivity index (χ3v) is 4.25. The normalized spacial score (nSPS) is 10.4. The lowest BCUT2D eigenvalue weighted by atomic mass is 10.2. The van der Waals surface area contributed by atoms with E-state index < -0.39 is 10.9 Å². The molecule has 6 nitrogen and oxygen atoms in total. The number of carbonyl (C=O) groups excluding carboxylic acids is 1. The molecule has 3 rings (SSSR count). The second-order valence-corrected chi connectivity index (χ2v) is 5.89. The van der Waals surface area contributed by atoms with Crippen LogP contribution in [0.4, 0.5) is 10.1 Å². The van der Waals surface area contributed by atoms with E-state index >= 15 is 0 Å². The average molecular weight is 358 g/mol. The number of ether oxygens (including phenoxy) is 1. The van der Waals surface area contributed by atoms with Gasteiger partial charge in [-0.1, -0.05) is 0 Å². The molecule has 126 valence electrons. The van der Waals surface area contributed by atoms with Crippen LogP contribution < -0.4 is 0 Å². The van der Waals surface area contributed by atoms with Crippen LogP contribution in [0.15, 0.2) is 53.9 Å². The Morgan fingerprint density at radius 1 is 1.16 bits per heavy atom. The molecule has 8 heteroatoms. The van der Waals surface area contributed by atoms with Crippen LogP contribution >= 0.6 is 11.3 Å². The number of esters is 1. The number of benzene rings is 2. The highest BCUT2D eigenvalue weighted by molar-refractivity contribution is 7.13. The maximum absolute atomic E-state index is 12.9. The van der Waals surface area contributed by atoms with Crippen LogP contribution in [0.5, 0.6) is 0 Å². The highest BCUT2D eigenvalue weighted by atomic mass is 32.1. The maximum Gasteiger partial charge on any atom is 0.338 e. The van der Waals surface area contributed by atoms with E-state index in [0.717, 1.165) is 5.56 Å². The molecular formula is C17H11FN2O4S. The van der Waals surface area contributed by atoms with Crippen molar-refractivity contribution in [3.63, 3.8) is 0 Å². The van der Waals surface area contributed by atoms with Crippen LogP contribution in [0.2, 0.25) is 0 Å². The van der Waals surface area contributed by atoms with Gasteiger partial charge >= 0.3 is 5.97 Å². The summed E-state index contributed by atoms with van der Waals surface area (Å²) in [5.41, 5.74) is 1.47. The molecule has 0 aliphatic rings. The van der Waals surface area contributed by atoms with Gasteiger partial charge in [0.1, 0.15) is 17.4 Å². The summed E-state index contributed by atoms with van der Waals surface area (Å²) < 4.78 is 18.1. The standard InChI is InChI=1S/C17H11FN2O4S/c18-13-5-1-11(2-6-13)16-19-14(10-25-16)9-24-17(21)12-3-7-15(8-4-12)20(22)23/h1-8,10H,9H2. The molecule has 25 heavy (non-hydrogen) atoms. The van der Waals surface area contributed by atoms with Crippen molar-refractivity contribution in [3.8, 4) is 10.6 Å². The Morgan fingerprint density at radius 2 is 1.84 bits per heavy atom. The fourth-order valence-electron chi connectivity index (χ4n) is 2.04. The molecule has 0 amide bonds. The molecule has 0 unspecified atom stereocenters. The molecule has 1 aromatic heterocycles. The monoisotopic (exact) mass is 358 g/mol. The Bertz CT molecular complexity index is 907. The zero-order chi connectivity index (χ0) is 17.8. The molecule has 0 spiro atoms. The smallest absolute Gasteiger partial charge is 0.338 e. The number of thiazole rings is 1. The lowest BCUT2D eigenvalue weighted by Gasteiger charge is -2.02. The van der Waals surface area contributed by atoms with E-state index in [2.05, 4.69) is 4.98 Å². The molecule has 0 aliphatic heterocycles. The summed E-state index contributed by atoms with van der Waals surface area (Å²) in [5, 5.41) is 13.0. The predicted molar refractivity (Wildman–Crippen MR) is 89.7 cm³/mol. The minimum Gasteiger partial charge on any atom is -0.456 e. The van der Waals surface area contributed by atoms with Crippen molar-refractivity contribution in [2.24, 2.45) is 0 Å². The fraction of sp³-hybridized carbons (Fsp3) is 0.0588. The van der Waals surface area contributed by atoms with Gasteiger partial charge in [-0.3, -0.25) is 10.1 Å². The Labute approximate surface area is 145 Å². The minimum absolute atomic E-state index is 0.0203. The van der Waals surface area contributed by atoms with Gasteiger partial charge in [0, 0.05) is 23.1 Å². The zero-order valence-corrected chi connectivity index (χ0v) is 13.5. The van der Waals surface area contributed by atoms with E-state index in [1.807, 2.05) is 0 Å². The van der Waals surface area contributed by atoms with Gasteiger partial charge < -0.3 is 4.74 Å². The number of non-ortho nitro benzene ring substituents is 1. The Morgan fingerprint density at radius 3 is 2.48 bits per heavy atom. The largest absolute Gasteiger partial charge is 0.456 e. The molecule has 0 radical (unpaired) electrons. The molecule has 0 N–H and O–H groups in total. The van der Waals surface area contributed by atoms with Gasteiger partial charge in [0.15, 0.2) is 0 Å². The van der Waals surface area contributed by atoms with Crippen molar-refractivity contribution in [3.05, 3.63) is 81.1 Å². The quantitative estimate of drug-likeness (QED) is 0.387. The van der Waals surface area contributed by atoms with Crippen molar-refractivity contribution in [2.45, 2.75) is 6.61 Å². The van der Waals surface area contributed by atoms with E-state index in [0.29, 0.717) is 10.7 Å². The van der Waals surface area contributed by atoms with Gasteiger partial charge in [-0.25, -0.2) is 14.2 Å². The third kappa shape index (κ3) is 4.04. The van der Waals surface area contributed by atoms with Crippen LogP contribution in [0, 0.1) is 15.9 Å². The second-order valence-electron chi connectivity index (χ2n) is 5.03. The first-order valence-electron chi connectivity index (χ1n) is 7.15. The fourth-order valence-corrected chi connectivity index (χ4v) is 2.85. The van der Waals surface area contributed by atoms with E-state index in [-0.39, 0.29) is 23.7 Å². The summed E-state index contributed by atoms with van der Waals surface area (Å²) in [6, 6.07) is 11.1. The van der Waals surface area contributed by atoms with Gasteiger partial charge in [0.2, 0.25) is 0 Å². The number of rotatable bonds is 5. The Balaban J connectivity index is 1.62. The molecule has 0 saturated carbocycles. The van der Waals surface area contributed by atoms with Gasteiger partial charge in [-0.15, -0.1) is 11.3 Å². The number of hydrogen-bond donors (Lipinski definition) is 0. The van der Waals surface area contributed by atoms with Crippen molar-refractivity contribution < 1.29 is 18.8 Å². The number of carbonyl (C=O) groups is 1. The predicted octanol–water partition coefficient (Wildman–Crippen LogP) is 4.21. The van der Waals surface area contributed by atoms with E-state index in [9.17, 15) is 19.3 Å². The van der Waals surface area contributed by atoms with E-state index in [1.54, 1.807) is 17.5 Å². The molecule has 0 aliphatic carbocycles. The minimum atomic E-state index is -0.591. The summed E-state index contributed by atoms with van der Waals surface area (Å²) in [5.74, 6) is -0.913. The number of halogens is 1. The molecule has 1 heterocycles. The van der Waals surface area contributed by atoms with Crippen molar-refractivity contribution in [1.82, 2.24) is 4.98 Å². The highest BCUT2D eigenvalue weighted by Crippen LogP contribution is 2.24. The third-order valence-electron chi connectivity index (χ3n) is 3.31. The molecule has 0 atom stereocenters. The number of aromatic nitrogens is 1. The Hall–Kier alpha value is -3.13. The topological polar surface area (TPSA) is 82.3 Å². The number of nitro groups is 1. The molecular weight excluding hydrogens is 347 g/mol. The lowest BCUT2D eigenvalue weighted by molar-refractivity contribution is -0.384.